The lowest BCUT2D eigenvalue weighted by atomic mass is 9.79. The summed E-state index contributed by atoms with van der Waals surface area (Å²) in [6.45, 7) is 13.7. The Kier molecular flexibility index (Phi) is 5.46. The number of rotatable bonds is 4. The molecule has 102 valence electrons. The lowest BCUT2D eigenvalue weighted by Crippen LogP contribution is -2.21. The lowest BCUT2D eigenvalue weighted by molar-refractivity contribution is 0.246. The molecule has 1 heteroatoms. The van der Waals surface area contributed by atoms with E-state index >= 15 is 0 Å². The van der Waals surface area contributed by atoms with Crippen LogP contribution in [0, 0.1) is 25.2 Å². The van der Waals surface area contributed by atoms with Crippen LogP contribution in [0.5, 0.6) is 0 Å². The number of hydrogen-bond donors (Lipinski definition) is 0. The molecule has 2 atom stereocenters. The SMILES string of the molecule is Cc1ccc(C)c(CC(Br)CC(C)C(C)(C)C)c1. The maximum Gasteiger partial charge on any atom is 0.0189 e. The molecule has 2 unspecified atom stereocenters. The van der Waals surface area contributed by atoms with Crippen LogP contribution in [0.15, 0.2) is 18.2 Å². The Morgan fingerprint density at radius 3 is 2.33 bits per heavy atom. The average molecular weight is 311 g/mol. The monoisotopic (exact) mass is 310 g/mol. The summed E-state index contributed by atoms with van der Waals surface area (Å²) in [6, 6.07) is 6.75. The quantitative estimate of drug-likeness (QED) is 0.627. The first-order valence-electron chi connectivity index (χ1n) is 6.90. The predicted molar refractivity (Wildman–Crippen MR) is 85.6 cm³/mol. The van der Waals surface area contributed by atoms with Crippen molar-refractivity contribution in [1.82, 2.24) is 0 Å². The summed E-state index contributed by atoms with van der Waals surface area (Å²) in [4.78, 5) is 0.576. The molecule has 0 bridgehead atoms. The second kappa shape index (κ2) is 6.23. The highest BCUT2D eigenvalue weighted by molar-refractivity contribution is 9.09. The van der Waals surface area contributed by atoms with Gasteiger partial charge in [-0.15, -0.1) is 0 Å². The summed E-state index contributed by atoms with van der Waals surface area (Å²) in [5.41, 5.74) is 4.65. The topological polar surface area (TPSA) is 0 Å². The third kappa shape index (κ3) is 4.76. The van der Waals surface area contributed by atoms with Gasteiger partial charge in [0.15, 0.2) is 0 Å². The third-order valence-corrected chi connectivity index (χ3v) is 4.73. The molecule has 0 radical (unpaired) electrons. The van der Waals surface area contributed by atoms with Gasteiger partial charge in [-0.2, -0.15) is 0 Å². The molecule has 0 heterocycles. The highest BCUT2D eigenvalue weighted by Gasteiger charge is 2.22. The van der Waals surface area contributed by atoms with Crippen molar-refractivity contribution in [3.8, 4) is 0 Å². The molecule has 0 N–H and O–H groups in total. The van der Waals surface area contributed by atoms with Crippen molar-refractivity contribution in [3.63, 3.8) is 0 Å². The van der Waals surface area contributed by atoms with Crippen LogP contribution in [0.2, 0.25) is 0 Å². The van der Waals surface area contributed by atoms with Crippen molar-refractivity contribution in [2.24, 2.45) is 11.3 Å². The Labute approximate surface area is 121 Å². The van der Waals surface area contributed by atoms with Gasteiger partial charge in [-0.3, -0.25) is 0 Å². The van der Waals surface area contributed by atoms with Crippen LogP contribution < -0.4 is 0 Å². The van der Waals surface area contributed by atoms with Crippen LogP contribution in [-0.4, -0.2) is 4.83 Å². The van der Waals surface area contributed by atoms with E-state index in [-0.39, 0.29) is 0 Å². The molecule has 0 spiro atoms. The first kappa shape index (κ1) is 15.8. The summed E-state index contributed by atoms with van der Waals surface area (Å²) in [5, 5.41) is 0. The molecule has 0 nitrogen and oxygen atoms in total. The molecular formula is C17H27Br. The summed E-state index contributed by atoms with van der Waals surface area (Å²) < 4.78 is 0. The van der Waals surface area contributed by atoms with E-state index in [9.17, 15) is 0 Å². The van der Waals surface area contributed by atoms with Crippen molar-refractivity contribution < 1.29 is 0 Å². The average Bonchev–Trinajstić information content (AvgIpc) is 2.22. The highest BCUT2D eigenvalue weighted by atomic mass is 79.9. The van der Waals surface area contributed by atoms with Gasteiger partial charge in [0.2, 0.25) is 0 Å². The Morgan fingerprint density at radius 1 is 1.17 bits per heavy atom. The molecule has 0 saturated carbocycles. The zero-order valence-corrected chi connectivity index (χ0v) is 14.3. The molecule has 1 rings (SSSR count). The second-order valence-electron chi connectivity index (χ2n) is 6.73. The molecule has 0 amide bonds. The van der Waals surface area contributed by atoms with Crippen molar-refractivity contribution in [2.75, 3.05) is 0 Å². The van der Waals surface area contributed by atoms with Gasteiger partial charge in [0.05, 0.1) is 0 Å². The van der Waals surface area contributed by atoms with Gasteiger partial charge in [-0.05, 0) is 49.1 Å². The van der Waals surface area contributed by atoms with Gasteiger partial charge < -0.3 is 0 Å². The predicted octanol–water partition coefficient (Wildman–Crippen LogP) is 5.68. The van der Waals surface area contributed by atoms with Crippen molar-refractivity contribution in [2.45, 2.75) is 59.2 Å². The van der Waals surface area contributed by atoms with E-state index in [2.05, 4.69) is 75.7 Å². The molecule has 0 aliphatic carbocycles. The standard InChI is InChI=1S/C17H27Br/c1-12-7-8-13(2)15(9-12)11-16(18)10-14(3)17(4,5)6/h7-9,14,16H,10-11H2,1-6H3. The summed E-state index contributed by atoms with van der Waals surface area (Å²) in [5.74, 6) is 0.729. The zero-order valence-electron chi connectivity index (χ0n) is 12.7. The van der Waals surface area contributed by atoms with E-state index in [0.29, 0.717) is 10.2 Å². The Balaban J connectivity index is 2.65. The van der Waals surface area contributed by atoms with E-state index < -0.39 is 0 Å². The fourth-order valence-corrected chi connectivity index (χ4v) is 2.99. The van der Waals surface area contributed by atoms with Gasteiger partial charge in [-0.25, -0.2) is 0 Å². The van der Waals surface area contributed by atoms with Crippen LogP contribution in [0.4, 0.5) is 0 Å². The van der Waals surface area contributed by atoms with Crippen molar-refractivity contribution in [1.29, 1.82) is 0 Å². The lowest BCUT2D eigenvalue weighted by Gasteiger charge is -2.29. The maximum atomic E-state index is 3.87. The first-order chi connectivity index (χ1) is 8.20. The van der Waals surface area contributed by atoms with Gasteiger partial charge in [-0.1, -0.05) is 67.4 Å². The van der Waals surface area contributed by atoms with E-state index in [4.69, 9.17) is 0 Å². The molecular weight excluding hydrogens is 284 g/mol. The molecule has 1 aromatic rings. The minimum atomic E-state index is 0.396. The summed E-state index contributed by atoms with van der Waals surface area (Å²) >= 11 is 3.87. The van der Waals surface area contributed by atoms with Crippen molar-refractivity contribution in [3.05, 3.63) is 34.9 Å². The van der Waals surface area contributed by atoms with Crippen LogP contribution >= 0.6 is 15.9 Å². The maximum absolute atomic E-state index is 3.87. The molecule has 18 heavy (non-hydrogen) atoms. The summed E-state index contributed by atoms with van der Waals surface area (Å²) in [6.07, 6.45) is 2.37. The number of halogens is 1. The Hall–Kier alpha value is -0.300. The second-order valence-corrected chi connectivity index (χ2v) is 8.03. The van der Waals surface area contributed by atoms with Gasteiger partial charge in [0.1, 0.15) is 0 Å². The molecule has 0 aliphatic heterocycles. The largest absolute Gasteiger partial charge is 0.0887 e. The minimum Gasteiger partial charge on any atom is -0.0887 e. The van der Waals surface area contributed by atoms with Gasteiger partial charge >= 0.3 is 0 Å². The minimum absolute atomic E-state index is 0.396. The number of hydrogen-bond acceptors (Lipinski definition) is 0. The molecule has 0 fully saturated rings. The van der Waals surface area contributed by atoms with Gasteiger partial charge in [0, 0.05) is 4.83 Å². The van der Waals surface area contributed by atoms with E-state index in [1.165, 1.54) is 23.1 Å². The van der Waals surface area contributed by atoms with Crippen molar-refractivity contribution >= 4 is 15.9 Å². The van der Waals surface area contributed by atoms with Gasteiger partial charge in [0.25, 0.3) is 0 Å². The summed E-state index contributed by atoms with van der Waals surface area (Å²) in [7, 11) is 0. The van der Waals surface area contributed by atoms with E-state index in [1.54, 1.807) is 0 Å². The smallest absolute Gasteiger partial charge is 0.0189 e. The molecule has 0 aromatic heterocycles. The van der Waals surface area contributed by atoms with Crippen LogP contribution in [-0.2, 0) is 6.42 Å². The normalized spacial score (nSPS) is 15.5. The number of alkyl halides is 1. The molecule has 0 saturated heterocycles. The fourth-order valence-electron chi connectivity index (χ4n) is 2.08. The highest BCUT2D eigenvalue weighted by Crippen LogP contribution is 2.32. The number of benzene rings is 1. The van der Waals surface area contributed by atoms with Crippen LogP contribution in [0.3, 0.4) is 0 Å². The zero-order chi connectivity index (χ0) is 13.9. The van der Waals surface area contributed by atoms with Crippen LogP contribution in [0.25, 0.3) is 0 Å². The Bertz CT molecular complexity index is 387. The molecule has 1 aromatic carbocycles. The number of aryl methyl sites for hydroxylation is 2. The Morgan fingerprint density at radius 2 is 1.78 bits per heavy atom. The van der Waals surface area contributed by atoms with Crippen LogP contribution in [0.1, 0.15) is 50.8 Å². The molecule has 0 aliphatic rings. The first-order valence-corrected chi connectivity index (χ1v) is 7.82. The van der Waals surface area contributed by atoms with E-state index in [1.807, 2.05) is 0 Å². The third-order valence-electron chi connectivity index (χ3n) is 4.03. The van der Waals surface area contributed by atoms with E-state index in [0.717, 1.165) is 12.3 Å². The fraction of sp³-hybridized carbons (Fsp3) is 0.647.